The van der Waals surface area contributed by atoms with E-state index in [9.17, 15) is 0 Å². The summed E-state index contributed by atoms with van der Waals surface area (Å²) >= 11 is 0. The molecule has 4 aliphatic carbocycles. The maximum Gasteiger partial charge on any atom is 0.0709 e. The van der Waals surface area contributed by atoms with Gasteiger partial charge >= 0.3 is 0 Å². The largest absolute Gasteiger partial charge is 0.334 e. The van der Waals surface area contributed by atoms with Gasteiger partial charge in [-0.1, -0.05) is 133 Å². The van der Waals surface area contributed by atoms with Gasteiger partial charge in [0.25, 0.3) is 0 Å². The highest BCUT2D eigenvalue weighted by atomic mass is 15.2. The van der Waals surface area contributed by atoms with E-state index in [4.69, 9.17) is 0 Å². The first-order valence-corrected chi connectivity index (χ1v) is 17.9. The van der Waals surface area contributed by atoms with Gasteiger partial charge in [0, 0.05) is 34.6 Å². The summed E-state index contributed by atoms with van der Waals surface area (Å²) in [7, 11) is 0. The van der Waals surface area contributed by atoms with Gasteiger partial charge in [-0.15, -0.1) is 0 Å². The van der Waals surface area contributed by atoms with Crippen molar-refractivity contribution >= 4 is 17.1 Å². The monoisotopic (exact) mass is 630 g/mol. The molecule has 0 bridgehead atoms. The standard InChI is InChI=1S/C46H50N2/c1-31(2)46(36-17-26-40(27-18-36)47(38-20-11-33(4)12-21-38)39-22-13-34(5)14-23-39)42-28-29-45(44-30-43(42)44)48(41-24-15-35(6)16-25-41)37-9-7-8-32(3)10-19-37/h7-22,24-29,31,37,39,43-44,46H,23,30H2,1-6H3. The van der Waals surface area contributed by atoms with Crippen molar-refractivity contribution in [3.63, 3.8) is 0 Å². The van der Waals surface area contributed by atoms with E-state index in [0.717, 1.165) is 6.42 Å². The quantitative estimate of drug-likeness (QED) is 0.232. The van der Waals surface area contributed by atoms with Gasteiger partial charge in [-0.3, -0.25) is 0 Å². The summed E-state index contributed by atoms with van der Waals surface area (Å²) in [6, 6.07) is 28.1. The lowest BCUT2D eigenvalue weighted by Gasteiger charge is -2.35. The molecule has 7 rings (SSSR count). The zero-order chi connectivity index (χ0) is 33.4. The molecule has 1 saturated carbocycles. The fourth-order valence-electron chi connectivity index (χ4n) is 7.92. The Balaban J connectivity index is 1.20. The molecule has 0 N–H and O–H groups in total. The van der Waals surface area contributed by atoms with Crippen LogP contribution in [0.1, 0.15) is 63.1 Å². The Morgan fingerprint density at radius 2 is 1.21 bits per heavy atom. The van der Waals surface area contributed by atoms with Crippen LogP contribution in [-0.4, -0.2) is 12.1 Å². The minimum atomic E-state index is 0.187. The molecule has 48 heavy (non-hydrogen) atoms. The van der Waals surface area contributed by atoms with E-state index in [0.29, 0.717) is 29.7 Å². The molecule has 2 nitrogen and oxygen atoms in total. The number of benzene rings is 3. The van der Waals surface area contributed by atoms with Gasteiger partial charge in [0.05, 0.1) is 12.1 Å². The molecule has 3 aromatic rings. The Labute approximate surface area is 288 Å². The van der Waals surface area contributed by atoms with Crippen molar-refractivity contribution in [2.24, 2.45) is 17.8 Å². The summed E-state index contributed by atoms with van der Waals surface area (Å²) in [5.74, 6) is 2.06. The molecule has 0 aromatic heterocycles. The third-order valence-electron chi connectivity index (χ3n) is 10.6. The molecule has 0 heterocycles. The van der Waals surface area contributed by atoms with Crippen LogP contribution in [0.3, 0.4) is 0 Å². The van der Waals surface area contributed by atoms with E-state index in [1.54, 1.807) is 5.57 Å². The minimum Gasteiger partial charge on any atom is -0.334 e. The highest BCUT2D eigenvalue weighted by molar-refractivity contribution is 5.67. The molecule has 1 fully saturated rings. The van der Waals surface area contributed by atoms with E-state index < -0.39 is 0 Å². The van der Waals surface area contributed by atoms with Crippen molar-refractivity contribution in [2.75, 3.05) is 9.80 Å². The van der Waals surface area contributed by atoms with Crippen molar-refractivity contribution < 1.29 is 0 Å². The Bertz CT molecular complexity index is 1840. The second-order valence-electron chi connectivity index (χ2n) is 14.7. The summed E-state index contributed by atoms with van der Waals surface area (Å²) in [6.07, 6.45) is 25.5. The van der Waals surface area contributed by atoms with Crippen LogP contribution in [-0.2, 0) is 0 Å². The molecule has 0 aliphatic heterocycles. The average molecular weight is 631 g/mol. The highest BCUT2D eigenvalue weighted by Crippen LogP contribution is 2.57. The number of fused-ring (bicyclic) bond motifs is 1. The molecular weight excluding hydrogens is 581 g/mol. The maximum atomic E-state index is 2.58. The molecule has 3 aromatic carbocycles. The SMILES string of the molecule is CC1=CC=CC(N(C2=CC=C(C(c3ccc(N(c4ccc(C)cc4)C4C=CC(C)=CC4)cc3)C(C)C)C3CC23)c2ccc(C)cc2)C=C1. The van der Waals surface area contributed by atoms with Crippen LogP contribution < -0.4 is 9.80 Å². The minimum absolute atomic E-state index is 0.187. The fourth-order valence-corrected chi connectivity index (χ4v) is 7.92. The molecule has 0 radical (unpaired) electrons. The van der Waals surface area contributed by atoms with Crippen LogP contribution in [0.15, 0.2) is 156 Å². The normalized spacial score (nSPS) is 23.4. The van der Waals surface area contributed by atoms with E-state index >= 15 is 0 Å². The van der Waals surface area contributed by atoms with Crippen LogP contribution in [0, 0.1) is 31.6 Å². The van der Waals surface area contributed by atoms with Gasteiger partial charge in [-0.2, -0.15) is 0 Å². The van der Waals surface area contributed by atoms with Crippen molar-refractivity contribution in [3.8, 4) is 0 Å². The smallest absolute Gasteiger partial charge is 0.0709 e. The van der Waals surface area contributed by atoms with E-state index in [1.807, 2.05) is 0 Å². The summed E-state index contributed by atoms with van der Waals surface area (Å²) in [5, 5.41) is 0. The fraction of sp³-hybridized carbons (Fsp3) is 0.304. The van der Waals surface area contributed by atoms with Crippen molar-refractivity contribution in [3.05, 3.63) is 173 Å². The van der Waals surface area contributed by atoms with Gasteiger partial charge < -0.3 is 9.80 Å². The Hall–Kier alpha value is -4.56. The number of anilines is 3. The molecule has 0 amide bonds. The molecule has 2 heteroatoms. The number of rotatable bonds is 9. The number of hydrogen-bond donors (Lipinski definition) is 0. The van der Waals surface area contributed by atoms with Crippen LogP contribution in [0.5, 0.6) is 0 Å². The lowest BCUT2D eigenvalue weighted by atomic mass is 9.78. The van der Waals surface area contributed by atoms with Crippen molar-refractivity contribution in [2.45, 2.75) is 72.4 Å². The third-order valence-corrected chi connectivity index (χ3v) is 10.6. The molecule has 0 spiro atoms. The summed E-state index contributed by atoms with van der Waals surface area (Å²) in [4.78, 5) is 5.08. The van der Waals surface area contributed by atoms with Gasteiger partial charge in [0.1, 0.15) is 0 Å². The number of hydrogen-bond acceptors (Lipinski definition) is 2. The Morgan fingerprint density at radius 3 is 1.81 bits per heavy atom. The third kappa shape index (κ3) is 6.59. The lowest BCUT2D eigenvalue weighted by Crippen LogP contribution is -2.33. The van der Waals surface area contributed by atoms with Gasteiger partial charge in [-0.05, 0) is 100 Å². The number of nitrogens with zero attached hydrogens (tertiary/aromatic N) is 2. The first-order chi connectivity index (χ1) is 23.3. The predicted molar refractivity (Wildman–Crippen MR) is 206 cm³/mol. The molecule has 4 aliphatic rings. The van der Waals surface area contributed by atoms with Crippen LogP contribution in [0.2, 0.25) is 0 Å². The first-order valence-electron chi connectivity index (χ1n) is 17.9. The Morgan fingerprint density at radius 1 is 0.604 bits per heavy atom. The highest BCUT2D eigenvalue weighted by Gasteiger charge is 2.48. The van der Waals surface area contributed by atoms with Crippen molar-refractivity contribution in [1.29, 1.82) is 0 Å². The zero-order valence-corrected chi connectivity index (χ0v) is 29.5. The van der Waals surface area contributed by atoms with Crippen LogP contribution in [0.25, 0.3) is 0 Å². The maximum absolute atomic E-state index is 2.58. The van der Waals surface area contributed by atoms with E-state index in [2.05, 4.69) is 185 Å². The topological polar surface area (TPSA) is 6.48 Å². The Kier molecular flexibility index (Phi) is 9.01. The first kappa shape index (κ1) is 32.0. The van der Waals surface area contributed by atoms with E-state index in [1.165, 1.54) is 57.0 Å². The lowest BCUT2D eigenvalue weighted by molar-refractivity contribution is 0.527. The number of allylic oxidation sites excluding steroid dienone is 10. The van der Waals surface area contributed by atoms with Crippen LogP contribution in [0.4, 0.5) is 17.1 Å². The van der Waals surface area contributed by atoms with E-state index in [-0.39, 0.29) is 6.04 Å². The van der Waals surface area contributed by atoms with Gasteiger partial charge in [-0.25, -0.2) is 0 Å². The second-order valence-corrected chi connectivity index (χ2v) is 14.7. The summed E-state index contributed by atoms with van der Waals surface area (Å²) in [5.41, 5.74) is 13.4. The summed E-state index contributed by atoms with van der Waals surface area (Å²) in [6.45, 7) is 13.5. The molecule has 5 unspecified atom stereocenters. The molecule has 0 saturated heterocycles. The van der Waals surface area contributed by atoms with Gasteiger partial charge in [0.15, 0.2) is 0 Å². The van der Waals surface area contributed by atoms with Crippen LogP contribution >= 0.6 is 0 Å². The van der Waals surface area contributed by atoms with Crippen molar-refractivity contribution in [1.82, 2.24) is 0 Å². The molecule has 244 valence electrons. The number of aryl methyl sites for hydroxylation is 2. The average Bonchev–Trinajstić information content (AvgIpc) is 3.91. The van der Waals surface area contributed by atoms with Gasteiger partial charge in [0.2, 0.25) is 0 Å². The molecule has 5 atom stereocenters. The molecular formula is C46H50N2. The zero-order valence-electron chi connectivity index (χ0n) is 29.5. The summed E-state index contributed by atoms with van der Waals surface area (Å²) < 4.78 is 0. The second kappa shape index (κ2) is 13.5. The predicted octanol–water partition coefficient (Wildman–Crippen LogP) is 11.9.